The minimum absolute atomic E-state index is 0.206. The van der Waals surface area contributed by atoms with E-state index in [0.29, 0.717) is 21.6 Å². The average Bonchev–Trinajstić information content (AvgIpc) is 3.02. The van der Waals surface area contributed by atoms with Gasteiger partial charge in [-0.05, 0) is 30.9 Å². The van der Waals surface area contributed by atoms with Gasteiger partial charge in [-0.25, -0.2) is 9.37 Å². The van der Waals surface area contributed by atoms with Crippen molar-refractivity contribution in [1.29, 1.82) is 0 Å². The summed E-state index contributed by atoms with van der Waals surface area (Å²) >= 11 is 2.65. The zero-order chi connectivity index (χ0) is 20.5. The van der Waals surface area contributed by atoms with Crippen LogP contribution in [-0.4, -0.2) is 22.6 Å². The number of nitrogens with two attached hydrogens (primary N) is 2. The first-order chi connectivity index (χ1) is 13.4. The highest BCUT2D eigenvalue weighted by Gasteiger charge is 2.20. The Labute approximate surface area is 174 Å². The maximum Gasteiger partial charge on any atom is 0.206 e. The lowest BCUT2D eigenvalue weighted by Gasteiger charge is -2.22. The number of rotatable bonds is 6. The van der Waals surface area contributed by atoms with E-state index in [2.05, 4.69) is 24.1 Å². The Morgan fingerprint density at radius 1 is 1.36 bits per heavy atom. The van der Waals surface area contributed by atoms with Crippen molar-refractivity contribution in [2.24, 2.45) is 11.1 Å². The predicted octanol–water partition coefficient (Wildman–Crippen LogP) is 5.09. The van der Waals surface area contributed by atoms with Gasteiger partial charge in [0.05, 0.1) is 0 Å². The zero-order valence-electron chi connectivity index (χ0n) is 16.4. The number of carbonyl (C=O) groups is 1. The van der Waals surface area contributed by atoms with Crippen LogP contribution in [0.2, 0.25) is 0 Å². The number of thiazole rings is 1. The van der Waals surface area contributed by atoms with Crippen LogP contribution in [0.4, 0.5) is 15.3 Å². The highest BCUT2D eigenvalue weighted by atomic mass is 32.2. The largest absolute Gasteiger partial charge is 0.382 e. The summed E-state index contributed by atoms with van der Waals surface area (Å²) in [5.74, 6) is 1.29. The molecule has 1 aromatic heterocycles. The molecule has 1 saturated carbocycles. The molecule has 0 amide bonds. The summed E-state index contributed by atoms with van der Waals surface area (Å²) in [6.45, 7) is 4.31. The second-order valence-electron chi connectivity index (χ2n) is 7.28. The molecule has 0 saturated heterocycles. The molecule has 1 aliphatic rings. The van der Waals surface area contributed by atoms with E-state index in [-0.39, 0.29) is 11.6 Å². The number of carbonyl (C=O) groups excluding carboxylic acids is 1. The van der Waals surface area contributed by atoms with Crippen LogP contribution in [0.1, 0.15) is 61.2 Å². The van der Waals surface area contributed by atoms with Crippen molar-refractivity contribution in [3.05, 3.63) is 40.5 Å². The van der Waals surface area contributed by atoms with Crippen LogP contribution in [0.3, 0.4) is 0 Å². The van der Waals surface area contributed by atoms with Gasteiger partial charge in [-0.15, -0.1) is 0 Å². The average molecular weight is 425 g/mol. The van der Waals surface area contributed by atoms with Gasteiger partial charge in [0.15, 0.2) is 5.13 Å². The second kappa shape index (κ2) is 11.4. The van der Waals surface area contributed by atoms with Crippen LogP contribution >= 0.6 is 23.3 Å². The van der Waals surface area contributed by atoms with Gasteiger partial charge in [-0.2, -0.15) is 0 Å². The Morgan fingerprint density at radius 3 is 2.64 bits per heavy atom. The number of benzene rings is 1. The lowest BCUT2D eigenvalue weighted by molar-refractivity contribution is 0.104. The van der Waals surface area contributed by atoms with Crippen LogP contribution in [-0.2, 0) is 0 Å². The van der Waals surface area contributed by atoms with Crippen molar-refractivity contribution < 1.29 is 9.18 Å². The Kier molecular flexibility index (Phi) is 9.21. The lowest BCUT2D eigenvalue weighted by atomic mass is 9.96. The molecule has 5 nitrogen and oxygen atoms in total. The van der Waals surface area contributed by atoms with Crippen molar-refractivity contribution in [1.82, 2.24) is 4.98 Å². The predicted molar refractivity (Wildman–Crippen MR) is 118 cm³/mol. The van der Waals surface area contributed by atoms with Crippen molar-refractivity contribution in [3.63, 3.8) is 0 Å². The normalized spacial score (nSPS) is 14.5. The summed E-state index contributed by atoms with van der Waals surface area (Å²) in [6, 6.07) is 6.02. The number of nitrogens with one attached hydrogen (secondary N) is 1. The summed E-state index contributed by atoms with van der Waals surface area (Å²) in [5, 5.41) is 9.18. The van der Waals surface area contributed by atoms with Gasteiger partial charge in [-0.3, -0.25) is 9.93 Å². The lowest BCUT2D eigenvalue weighted by Crippen LogP contribution is -2.22. The second-order valence-corrected chi connectivity index (χ2v) is 8.95. The van der Waals surface area contributed by atoms with E-state index >= 15 is 0 Å². The van der Waals surface area contributed by atoms with Gasteiger partial charge in [0.25, 0.3) is 0 Å². The quantitative estimate of drug-likeness (QED) is 0.442. The number of halogens is 1. The number of nitrogens with zero attached hydrogens (tertiary/aromatic N) is 1. The number of ketones is 1. The van der Waals surface area contributed by atoms with Crippen LogP contribution < -0.4 is 16.2 Å². The third-order valence-electron chi connectivity index (χ3n) is 4.31. The Bertz CT molecular complexity index is 760. The molecule has 1 heterocycles. The van der Waals surface area contributed by atoms with E-state index in [1.165, 1.54) is 60.7 Å². The molecule has 1 aliphatic carbocycles. The molecule has 8 heteroatoms. The van der Waals surface area contributed by atoms with E-state index in [0.717, 1.165) is 24.5 Å². The van der Waals surface area contributed by atoms with Gasteiger partial charge in [0.1, 0.15) is 16.5 Å². The van der Waals surface area contributed by atoms with E-state index in [1.807, 2.05) is 0 Å². The third-order valence-corrected chi connectivity index (χ3v) is 6.17. The fourth-order valence-electron chi connectivity index (χ4n) is 2.93. The van der Waals surface area contributed by atoms with Crippen molar-refractivity contribution >= 4 is 40.0 Å². The Hall–Kier alpha value is -1.64. The first-order valence-corrected chi connectivity index (χ1v) is 11.4. The fourth-order valence-corrected chi connectivity index (χ4v) is 4.24. The minimum atomic E-state index is -0.436. The maximum absolute atomic E-state index is 13.2. The summed E-state index contributed by atoms with van der Waals surface area (Å²) in [4.78, 5) is 17.0. The molecule has 0 atom stereocenters. The number of nitrogen functional groups attached to an aromatic ring is 1. The Morgan fingerprint density at radius 2 is 2.07 bits per heavy atom. The van der Waals surface area contributed by atoms with Crippen LogP contribution in [0.25, 0.3) is 0 Å². The first-order valence-electron chi connectivity index (χ1n) is 9.55. The monoisotopic (exact) mass is 424 g/mol. The van der Waals surface area contributed by atoms with Crippen molar-refractivity contribution in [2.45, 2.75) is 52.0 Å². The van der Waals surface area contributed by atoms with Gasteiger partial charge in [0, 0.05) is 17.4 Å². The number of aromatic nitrogens is 1. The zero-order valence-corrected chi connectivity index (χ0v) is 18.0. The van der Waals surface area contributed by atoms with E-state index in [9.17, 15) is 9.18 Å². The molecule has 0 aliphatic heterocycles. The molecule has 1 fully saturated rings. The molecule has 5 N–H and O–H groups in total. The summed E-state index contributed by atoms with van der Waals surface area (Å²) in [7, 11) is 0. The molecule has 0 bridgehead atoms. The molecule has 0 radical (unpaired) electrons. The molecule has 0 unspecified atom stereocenters. The van der Waals surface area contributed by atoms with E-state index in [1.54, 1.807) is 6.07 Å². The standard InChI is InChI=1S/C16H18FN3OS.C4H11NS/c17-11-6-4-5-10(9-11)13(21)14-15(18)20-16(22-14)19-12-7-2-1-3-8-12;1-4(2)3-6-5/h4-6,9,12H,1-3,7-8,18H2,(H,19,20);4H,3,5H2,1-2H3. The smallest absolute Gasteiger partial charge is 0.206 e. The number of hydrogen-bond donors (Lipinski definition) is 3. The number of hydrogen-bond acceptors (Lipinski definition) is 7. The van der Waals surface area contributed by atoms with Crippen LogP contribution in [0, 0.1) is 11.7 Å². The van der Waals surface area contributed by atoms with Crippen LogP contribution in [0.5, 0.6) is 0 Å². The fraction of sp³-hybridized carbons (Fsp3) is 0.500. The Balaban J connectivity index is 0.000000409. The molecule has 2 aromatic rings. The van der Waals surface area contributed by atoms with Crippen molar-refractivity contribution in [3.8, 4) is 0 Å². The molecule has 154 valence electrons. The summed E-state index contributed by atoms with van der Waals surface area (Å²) in [6.07, 6.45) is 5.95. The summed E-state index contributed by atoms with van der Waals surface area (Å²) < 4.78 is 13.2. The highest BCUT2D eigenvalue weighted by molar-refractivity contribution is 7.97. The van der Waals surface area contributed by atoms with Gasteiger partial charge >= 0.3 is 0 Å². The third kappa shape index (κ3) is 7.07. The molecule has 0 spiro atoms. The highest BCUT2D eigenvalue weighted by Crippen LogP contribution is 2.30. The SMILES string of the molecule is CC(C)CSN.Nc1nc(NC2CCCCC2)sc1C(=O)c1cccc(F)c1. The molecular formula is C20H29FN4OS2. The van der Waals surface area contributed by atoms with E-state index < -0.39 is 5.82 Å². The molecule has 3 rings (SSSR count). The maximum atomic E-state index is 13.2. The molecule has 28 heavy (non-hydrogen) atoms. The molecule has 1 aromatic carbocycles. The number of anilines is 2. The van der Waals surface area contributed by atoms with Gasteiger partial charge in [0.2, 0.25) is 5.78 Å². The van der Waals surface area contributed by atoms with Crippen molar-refractivity contribution in [2.75, 3.05) is 16.8 Å². The summed E-state index contributed by atoms with van der Waals surface area (Å²) in [5.41, 5.74) is 6.16. The van der Waals surface area contributed by atoms with Gasteiger partial charge in [-0.1, -0.05) is 68.5 Å². The van der Waals surface area contributed by atoms with E-state index in [4.69, 9.17) is 10.9 Å². The molecular weight excluding hydrogens is 395 g/mol. The van der Waals surface area contributed by atoms with Gasteiger partial charge < -0.3 is 11.1 Å². The van der Waals surface area contributed by atoms with Crippen LogP contribution in [0.15, 0.2) is 24.3 Å². The first kappa shape index (κ1) is 22.6. The topological polar surface area (TPSA) is 94.0 Å². The minimum Gasteiger partial charge on any atom is -0.382 e.